The highest BCUT2D eigenvalue weighted by atomic mass is 32.2. The Kier molecular flexibility index (Phi) is 7.67. The van der Waals surface area contributed by atoms with Gasteiger partial charge in [0, 0.05) is 17.0 Å². The number of nitrogens with zero attached hydrogens (tertiary/aromatic N) is 1. The molecule has 1 aliphatic rings. The van der Waals surface area contributed by atoms with E-state index >= 15 is 0 Å². The molecule has 2 aromatic rings. The van der Waals surface area contributed by atoms with E-state index in [1.165, 1.54) is 17.0 Å². The van der Waals surface area contributed by atoms with E-state index in [9.17, 15) is 13.2 Å². The van der Waals surface area contributed by atoms with Crippen molar-refractivity contribution in [1.82, 2.24) is 14.9 Å². The van der Waals surface area contributed by atoms with Gasteiger partial charge in [-0.3, -0.25) is 9.69 Å². The van der Waals surface area contributed by atoms with Crippen LogP contribution in [0.25, 0.3) is 0 Å². The number of nitrogens with one attached hydrogen (secondary N) is 2. The highest BCUT2D eigenvalue weighted by Gasteiger charge is 2.26. The van der Waals surface area contributed by atoms with Gasteiger partial charge in [0.05, 0.1) is 17.5 Å². The van der Waals surface area contributed by atoms with Crippen LogP contribution in [-0.4, -0.2) is 45.4 Å². The third-order valence-corrected chi connectivity index (χ3v) is 7.73. The normalized spacial score (nSPS) is 16.7. The first-order valence-corrected chi connectivity index (χ1v) is 12.4. The van der Waals surface area contributed by atoms with Crippen LogP contribution >= 0.6 is 11.3 Å². The van der Waals surface area contributed by atoms with Crippen molar-refractivity contribution in [2.45, 2.75) is 30.7 Å². The van der Waals surface area contributed by atoms with Crippen molar-refractivity contribution in [1.29, 1.82) is 0 Å². The lowest BCUT2D eigenvalue weighted by Crippen LogP contribution is -2.41. The number of benzene rings is 1. The first-order valence-electron chi connectivity index (χ1n) is 9.99. The molecule has 1 atom stereocenters. The maximum absolute atomic E-state index is 12.8. The monoisotopic (exact) mass is 445 g/mol. The van der Waals surface area contributed by atoms with Gasteiger partial charge in [-0.25, -0.2) is 8.42 Å². The predicted octanol–water partition coefficient (Wildman–Crippen LogP) is 2.86. The number of thiophene rings is 1. The molecule has 0 bridgehead atoms. The minimum Gasteiger partial charge on any atom is -0.350 e. The molecule has 1 amide bonds. The number of amides is 1. The third-order valence-electron chi connectivity index (χ3n) is 5.36. The van der Waals surface area contributed by atoms with E-state index < -0.39 is 10.0 Å². The molecule has 1 aliphatic heterocycles. The zero-order valence-electron chi connectivity index (χ0n) is 17.0. The third kappa shape index (κ3) is 5.70. The summed E-state index contributed by atoms with van der Waals surface area (Å²) in [5.74, 6) is 2.67. The van der Waals surface area contributed by atoms with Gasteiger partial charge in [0.1, 0.15) is 0 Å². The van der Waals surface area contributed by atoms with Crippen molar-refractivity contribution in [2.75, 3.05) is 26.2 Å². The number of terminal acetylenes is 1. The highest BCUT2D eigenvalue weighted by Crippen LogP contribution is 2.29. The number of carbonyl (C=O) groups is 1. The number of rotatable bonds is 8. The summed E-state index contributed by atoms with van der Waals surface area (Å²) < 4.78 is 26.9. The van der Waals surface area contributed by atoms with Gasteiger partial charge in [0.2, 0.25) is 10.0 Å². The van der Waals surface area contributed by atoms with Gasteiger partial charge in [-0.2, -0.15) is 4.72 Å². The summed E-state index contributed by atoms with van der Waals surface area (Å²) in [4.78, 5) is 16.4. The lowest BCUT2D eigenvalue weighted by atomic mass is 9.97. The Bertz CT molecular complexity index is 989. The summed E-state index contributed by atoms with van der Waals surface area (Å²) >= 11 is 1.69. The van der Waals surface area contributed by atoms with E-state index in [1.54, 1.807) is 23.5 Å². The van der Waals surface area contributed by atoms with E-state index in [0.29, 0.717) is 12.1 Å². The maximum atomic E-state index is 12.8. The molecule has 1 aromatic heterocycles. The summed E-state index contributed by atoms with van der Waals surface area (Å²) in [6.07, 6.45) is 7.43. The molecular weight excluding hydrogens is 418 g/mol. The summed E-state index contributed by atoms with van der Waals surface area (Å²) in [5, 5.41) is 5.05. The Balaban J connectivity index is 1.70. The van der Waals surface area contributed by atoms with Crippen molar-refractivity contribution in [3.8, 4) is 12.3 Å². The lowest BCUT2D eigenvalue weighted by Gasteiger charge is -2.36. The molecule has 1 saturated heterocycles. The van der Waals surface area contributed by atoms with Crippen molar-refractivity contribution < 1.29 is 13.2 Å². The molecular formula is C22H27N3O3S2. The minimum atomic E-state index is -3.75. The van der Waals surface area contributed by atoms with Gasteiger partial charge < -0.3 is 5.32 Å². The van der Waals surface area contributed by atoms with Crippen LogP contribution in [0.1, 0.15) is 41.0 Å². The molecule has 0 saturated carbocycles. The number of sulfonamides is 1. The second-order valence-electron chi connectivity index (χ2n) is 7.52. The molecule has 0 radical (unpaired) electrons. The first kappa shape index (κ1) is 22.5. The molecule has 3 rings (SSSR count). The predicted molar refractivity (Wildman–Crippen MR) is 120 cm³/mol. The Morgan fingerprint density at radius 2 is 2.07 bits per heavy atom. The Morgan fingerprint density at radius 3 is 2.73 bits per heavy atom. The minimum absolute atomic E-state index is 0.0187. The maximum Gasteiger partial charge on any atom is 0.251 e. The SMILES string of the molecule is C#CCNS(=O)(=O)c1cccc(C(=O)NCC(c2cccs2)N2CCC(C)CC2)c1. The molecule has 6 nitrogen and oxygen atoms in total. The smallest absolute Gasteiger partial charge is 0.251 e. The van der Waals surface area contributed by atoms with Crippen LogP contribution in [0.3, 0.4) is 0 Å². The molecule has 30 heavy (non-hydrogen) atoms. The van der Waals surface area contributed by atoms with E-state index in [2.05, 4.69) is 33.8 Å². The number of hydrogen-bond acceptors (Lipinski definition) is 5. The Labute approximate surface area is 182 Å². The molecule has 1 unspecified atom stereocenters. The van der Waals surface area contributed by atoms with Crippen molar-refractivity contribution in [3.63, 3.8) is 0 Å². The average Bonchev–Trinajstić information content (AvgIpc) is 3.28. The summed E-state index contributed by atoms with van der Waals surface area (Å²) in [5.41, 5.74) is 0.302. The van der Waals surface area contributed by atoms with E-state index in [4.69, 9.17) is 6.42 Å². The van der Waals surface area contributed by atoms with E-state index in [-0.39, 0.29) is 23.4 Å². The summed E-state index contributed by atoms with van der Waals surface area (Å²) in [7, 11) is -3.75. The Morgan fingerprint density at radius 1 is 1.30 bits per heavy atom. The molecule has 0 spiro atoms. The fourth-order valence-electron chi connectivity index (χ4n) is 3.55. The van der Waals surface area contributed by atoms with E-state index in [0.717, 1.165) is 31.8 Å². The molecule has 1 aromatic carbocycles. The van der Waals surface area contributed by atoms with Crippen LogP contribution in [0.4, 0.5) is 0 Å². The first-order chi connectivity index (χ1) is 14.4. The molecule has 2 heterocycles. The second kappa shape index (κ2) is 10.2. The number of hydrogen-bond donors (Lipinski definition) is 2. The zero-order chi connectivity index (χ0) is 21.6. The number of carbonyl (C=O) groups excluding carboxylic acids is 1. The van der Waals surface area contributed by atoms with Crippen molar-refractivity contribution in [2.24, 2.45) is 5.92 Å². The summed E-state index contributed by atoms with van der Waals surface area (Å²) in [6.45, 7) is 4.66. The van der Waals surface area contributed by atoms with Gasteiger partial charge >= 0.3 is 0 Å². The molecule has 0 aliphatic carbocycles. The van der Waals surface area contributed by atoms with Crippen LogP contribution in [0.5, 0.6) is 0 Å². The van der Waals surface area contributed by atoms with Gasteiger partial charge in [-0.1, -0.05) is 25.0 Å². The topological polar surface area (TPSA) is 78.5 Å². The highest BCUT2D eigenvalue weighted by molar-refractivity contribution is 7.89. The quantitative estimate of drug-likeness (QED) is 0.613. The zero-order valence-corrected chi connectivity index (χ0v) is 18.6. The number of piperidine rings is 1. The molecule has 160 valence electrons. The van der Waals surface area contributed by atoms with Crippen LogP contribution in [0, 0.1) is 18.3 Å². The van der Waals surface area contributed by atoms with Crippen molar-refractivity contribution >= 4 is 27.3 Å². The lowest BCUT2D eigenvalue weighted by molar-refractivity contribution is 0.0914. The van der Waals surface area contributed by atoms with Gasteiger partial charge in [0.25, 0.3) is 5.91 Å². The average molecular weight is 446 g/mol. The van der Waals surface area contributed by atoms with E-state index in [1.807, 2.05) is 11.4 Å². The van der Waals surface area contributed by atoms with Gasteiger partial charge in [0.15, 0.2) is 0 Å². The van der Waals surface area contributed by atoms with Gasteiger partial charge in [-0.15, -0.1) is 17.8 Å². The second-order valence-corrected chi connectivity index (χ2v) is 10.3. The van der Waals surface area contributed by atoms with Crippen LogP contribution in [0.2, 0.25) is 0 Å². The molecule has 1 fully saturated rings. The fourth-order valence-corrected chi connectivity index (χ4v) is 5.39. The van der Waals surface area contributed by atoms with Crippen LogP contribution in [-0.2, 0) is 10.0 Å². The van der Waals surface area contributed by atoms with Crippen molar-refractivity contribution in [3.05, 3.63) is 52.2 Å². The Hall–Kier alpha value is -2.18. The standard InChI is InChI=1S/C22H27N3O3S2/c1-3-11-24-30(27,28)19-7-4-6-18(15-19)22(26)23-16-20(21-8-5-14-29-21)25-12-9-17(2)10-13-25/h1,4-8,14-15,17,20,24H,9-13,16H2,2H3,(H,23,26). The fraction of sp³-hybridized carbons (Fsp3) is 0.409. The van der Waals surface area contributed by atoms with Crippen LogP contribution < -0.4 is 10.0 Å². The largest absolute Gasteiger partial charge is 0.350 e. The van der Waals surface area contributed by atoms with Crippen LogP contribution in [0.15, 0.2) is 46.7 Å². The van der Waals surface area contributed by atoms with Gasteiger partial charge in [-0.05, 0) is 61.5 Å². The molecule has 2 N–H and O–H groups in total. The molecule has 8 heteroatoms. The summed E-state index contributed by atoms with van der Waals surface area (Å²) in [6, 6.07) is 10.2. The number of likely N-dealkylation sites (tertiary alicyclic amines) is 1.